The largest absolute Gasteiger partial charge is 0.352 e. The second-order valence-electron chi connectivity index (χ2n) is 6.80. The van der Waals surface area contributed by atoms with E-state index in [1.54, 1.807) is 0 Å². The molecule has 0 aliphatic rings. The molecule has 0 aliphatic heterocycles. The van der Waals surface area contributed by atoms with Crippen molar-refractivity contribution in [1.29, 1.82) is 0 Å². The number of hydrogen-bond donors (Lipinski definition) is 0. The van der Waals surface area contributed by atoms with E-state index in [1.165, 1.54) is 108 Å². The molecule has 0 radical (unpaired) electrons. The lowest BCUT2D eigenvalue weighted by Gasteiger charge is -2.04. The Morgan fingerprint density at radius 2 is 1.12 bits per heavy atom. The van der Waals surface area contributed by atoms with Crippen LogP contribution in [-0.4, -0.2) is 18.1 Å². The van der Waals surface area contributed by atoms with Crippen LogP contribution < -0.4 is 0 Å². The third-order valence-corrected chi connectivity index (χ3v) is 6.85. The van der Waals surface area contributed by atoms with Crippen LogP contribution in [0.1, 0.15) is 103 Å². The molecule has 4 heteroatoms. The summed E-state index contributed by atoms with van der Waals surface area (Å²) in [6, 6.07) is 0. The summed E-state index contributed by atoms with van der Waals surface area (Å²) >= 11 is 4.39. The van der Waals surface area contributed by atoms with Crippen LogP contribution in [0, 0.1) is 12.3 Å². The number of terminal acetylenes is 1. The molecule has 0 aliphatic carbocycles. The average Bonchev–Trinajstić information content (AvgIpc) is 2.63. The smallest absolute Gasteiger partial charge is 0.0793 e. The predicted molar refractivity (Wildman–Crippen MR) is 128 cm³/mol. The van der Waals surface area contributed by atoms with E-state index in [2.05, 4.69) is 39.7 Å². The Morgan fingerprint density at radius 1 is 0.680 bits per heavy atom. The second kappa shape index (κ2) is 25.0. The predicted octanol–water partition coefficient (Wildman–Crippen LogP) is 8.55. The minimum absolute atomic E-state index is 0.623. The summed E-state index contributed by atoms with van der Waals surface area (Å²) in [6.45, 7) is 1.57. The van der Waals surface area contributed by atoms with Gasteiger partial charge < -0.3 is 4.52 Å². The van der Waals surface area contributed by atoms with E-state index in [-0.39, 0.29) is 0 Å². The van der Waals surface area contributed by atoms with Crippen LogP contribution in [0.25, 0.3) is 0 Å². The monoisotopic (exact) mass is 498 g/mol. The van der Waals surface area contributed by atoms with Gasteiger partial charge in [0, 0.05) is 6.42 Å². The first-order valence-corrected chi connectivity index (χ1v) is 15.6. The van der Waals surface area contributed by atoms with Crippen LogP contribution >= 0.6 is 40.3 Å². The van der Waals surface area contributed by atoms with Crippen LogP contribution in [-0.2, 0) is 4.52 Å². The summed E-state index contributed by atoms with van der Waals surface area (Å²) < 4.78 is 5.37. The van der Waals surface area contributed by atoms with Crippen molar-refractivity contribution in [2.45, 2.75) is 103 Å². The maximum atomic E-state index is 5.37. The first-order valence-electron chi connectivity index (χ1n) is 10.4. The van der Waals surface area contributed by atoms with Crippen LogP contribution in [0.3, 0.4) is 0 Å². The first kappa shape index (κ1) is 26.0. The summed E-state index contributed by atoms with van der Waals surface area (Å²) in [5.74, 6) is 5.34. The van der Waals surface area contributed by atoms with Gasteiger partial charge in [-0.05, 0) is 52.8 Å². The minimum atomic E-state index is 0.623. The third kappa shape index (κ3) is 25.0. The van der Waals surface area contributed by atoms with Crippen molar-refractivity contribution >= 4 is 40.3 Å². The molecule has 0 aromatic carbocycles. The van der Waals surface area contributed by atoms with Gasteiger partial charge in [-0.1, -0.05) is 77.0 Å². The number of halogens is 1. The van der Waals surface area contributed by atoms with Crippen LogP contribution in [0.2, 0.25) is 0 Å². The molecular formula is C21H40IOPS. The SMILES string of the molecule is C#CCCCCCCCCCCCCCCCCSCCCOPI. The quantitative estimate of drug-likeness (QED) is 0.0679. The zero-order valence-corrected chi connectivity index (χ0v) is 20.2. The van der Waals surface area contributed by atoms with E-state index >= 15 is 0 Å². The van der Waals surface area contributed by atoms with Crippen molar-refractivity contribution in [3.63, 3.8) is 0 Å². The van der Waals surface area contributed by atoms with Gasteiger partial charge >= 0.3 is 0 Å². The fourth-order valence-corrected chi connectivity index (χ4v) is 4.74. The van der Waals surface area contributed by atoms with Gasteiger partial charge in [0.2, 0.25) is 0 Å². The molecule has 0 heterocycles. The average molecular weight is 498 g/mol. The summed E-state index contributed by atoms with van der Waals surface area (Å²) in [7, 11) is 0. The second-order valence-corrected chi connectivity index (χ2v) is 9.78. The molecule has 1 unspecified atom stereocenters. The lowest BCUT2D eigenvalue weighted by atomic mass is 10.0. The Morgan fingerprint density at radius 3 is 1.60 bits per heavy atom. The fraction of sp³-hybridized carbons (Fsp3) is 0.905. The summed E-state index contributed by atoms with van der Waals surface area (Å²) in [4.78, 5) is 0. The molecule has 0 amide bonds. The van der Waals surface area contributed by atoms with E-state index in [0.717, 1.165) is 13.0 Å². The van der Waals surface area contributed by atoms with E-state index in [9.17, 15) is 0 Å². The molecule has 0 fully saturated rings. The van der Waals surface area contributed by atoms with Crippen molar-refractivity contribution in [2.75, 3.05) is 18.1 Å². The normalized spacial score (nSPS) is 11.4. The topological polar surface area (TPSA) is 9.23 Å². The Bertz CT molecular complexity index is 284. The molecule has 0 spiro atoms. The van der Waals surface area contributed by atoms with Crippen LogP contribution in [0.4, 0.5) is 0 Å². The highest BCUT2D eigenvalue weighted by Gasteiger charge is 1.95. The molecule has 0 N–H and O–H groups in total. The minimum Gasteiger partial charge on any atom is -0.352 e. The number of unbranched alkanes of at least 4 members (excludes halogenated alkanes) is 14. The van der Waals surface area contributed by atoms with E-state index < -0.39 is 0 Å². The lowest BCUT2D eigenvalue weighted by Crippen LogP contribution is -1.89. The number of rotatable bonds is 21. The van der Waals surface area contributed by atoms with Crippen molar-refractivity contribution in [3.8, 4) is 12.3 Å². The zero-order chi connectivity index (χ0) is 18.3. The molecule has 25 heavy (non-hydrogen) atoms. The van der Waals surface area contributed by atoms with E-state index in [1.807, 2.05) is 0 Å². The maximum absolute atomic E-state index is 5.37. The van der Waals surface area contributed by atoms with Gasteiger partial charge in [-0.15, -0.1) is 12.3 Å². The molecule has 0 aromatic rings. The highest BCUT2D eigenvalue weighted by Crippen LogP contribution is 2.22. The Balaban J connectivity index is 2.95. The number of thioether (sulfide) groups is 1. The van der Waals surface area contributed by atoms with Crippen molar-refractivity contribution in [2.24, 2.45) is 0 Å². The fourth-order valence-electron chi connectivity index (χ4n) is 2.93. The van der Waals surface area contributed by atoms with Crippen molar-refractivity contribution < 1.29 is 4.52 Å². The lowest BCUT2D eigenvalue weighted by molar-refractivity contribution is 0.372. The van der Waals surface area contributed by atoms with E-state index in [0.29, 0.717) is 6.45 Å². The summed E-state index contributed by atoms with van der Waals surface area (Å²) in [5, 5.41) is 0. The molecular weight excluding hydrogens is 458 g/mol. The highest BCUT2D eigenvalue weighted by molar-refractivity contribution is 14.2. The molecule has 1 atom stereocenters. The van der Waals surface area contributed by atoms with Crippen LogP contribution in [0.15, 0.2) is 0 Å². The van der Waals surface area contributed by atoms with Crippen molar-refractivity contribution in [1.82, 2.24) is 0 Å². The van der Waals surface area contributed by atoms with Gasteiger partial charge in [-0.2, -0.15) is 11.8 Å². The molecule has 0 saturated heterocycles. The van der Waals surface area contributed by atoms with Gasteiger partial charge in [0.1, 0.15) is 0 Å². The Hall–Kier alpha value is 1.03. The Kier molecular flexibility index (Phi) is 26.1. The molecule has 0 bridgehead atoms. The van der Waals surface area contributed by atoms with Gasteiger partial charge in [-0.3, -0.25) is 0 Å². The van der Waals surface area contributed by atoms with Gasteiger partial charge in [0.05, 0.1) is 13.1 Å². The Labute approximate surface area is 177 Å². The molecule has 1 nitrogen and oxygen atoms in total. The van der Waals surface area contributed by atoms with Gasteiger partial charge in [0.25, 0.3) is 0 Å². The number of hydrogen-bond acceptors (Lipinski definition) is 2. The third-order valence-electron chi connectivity index (χ3n) is 4.45. The summed E-state index contributed by atoms with van der Waals surface area (Å²) in [5.41, 5.74) is 0. The first-order chi connectivity index (χ1) is 12.4. The van der Waals surface area contributed by atoms with Gasteiger partial charge in [0.15, 0.2) is 0 Å². The zero-order valence-electron chi connectivity index (χ0n) is 16.2. The van der Waals surface area contributed by atoms with Gasteiger partial charge in [-0.25, -0.2) is 0 Å². The maximum Gasteiger partial charge on any atom is 0.0793 e. The van der Waals surface area contributed by atoms with Crippen LogP contribution in [0.5, 0.6) is 0 Å². The van der Waals surface area contributed by atoms with E-state index in [4.69, 9.17) is 10.9 Å². The standard InChI is InChI=1S/C21H40IOPS/c1-2-3-4-5-6-7-8-9-10-11-12-13-14-15-16-17-20-25-21-18-19-23-24-22/h1,24H,3-21H2. The molecule has 0 saturated carbocycles. The molecule has 0 aromatic heterocycles. The molecule has 0 rings (SSSR count). The van der Waals surface area contributed by atoms with Crippen molar-refractivity contribution in [3.05, 3.63) is 0 Å². The summed E-state index contributed by atoms with van der Waals surface area (Å²) in [6.07, 6.45) is 27.2. The molecule has 148 valence electrons. The highest BCUT2D eigenvalue weighted by atomic mass is 127.